The van der Waals surface area contributed by atoms with Crippen LogP contribution in [-0.2, 0) is 20.9 Å². The molecule has 0 spiro atoms. The van der Waals surface area contributed by atoms with E-state index in [0.29, 0.717) is 6.42 Å². The molecule has 1 unspecified atom stereocenters. The minimum atomic E-state index is -2.82. The molecule has 22 heavy (non-hydrogen) atoms. The van der Waals surface area contributed by atoms with Gasteiger partial charge >= 0.3 is 5.97 Å². The van der Waals surface area contributed by atoms with E-state index in [1.54, 1.807) is 0 Å². The van der Waals surface area contributed by atoms with Gasteiger partial charge in [0.2, 0.25) is 0 Å². The number of hydrogen-bond acceptors (Lipinski definition) is 4. The van der Waals surface area contributed by atoms with Crippen molar-refractivity contribution in [3.63, 3.8) is 0 Å². The number of nitrogens with one attached hydrogen (secondary N) is 1. The lowest BCUT2D eigenvalue weighted by Crippen LogP contribution is -2.32. The zero-order valence-electron chi connectivity index (χ0n) is 12.2. The van der Waals surface area contributed by atoms with E-state index in [1.807, 2.05) is 42.5 Å². The van der Waals surface area contributed by atoms with E-state index >= 15 is 0 Å². The topological polar surface area (TPSA) is 104 Å². The molecular formula is C16H20N2O3S. The van der Waals surface area contributed by atoms with Crippen LogP contribution >= 0.6 is 0 Å². The Bertz CT molecular complexity index is 767. The third-order valence-electron chi connectivity index (χ3n) is 3.66. The van der Waals surface area contributed by atoms with Crippen LogP contribution in [0.1, 0.15) is 12.0 Å². The maximum absolute atomic E-state index is 12.2. The number of aryl methyl sites for hydroxylation is 1. The number of carboxylic acid groups (broad SMARTS) is 1. The van der Waals surface area contributed by atoms with Crippen LogP contribution in [0.2, 0.25) is 0 Å². The fraction of sp³-hybridized carbons (Fsp3) is 0.312. The van der Waals surface area contributed by atoms with Gasteiger partial charge in [-0.15, -0.1) is 0 Å². The summed E-state index contributed by atoms with van der Waals surface area (Å²) in [5, 5.41) is 10.9. The van der Waals surface area contributed by atoms with Gasteiger partial charge < -0.3 is 10.8 Å². The van der Waals surface area contributed by atoms with Crippen molar-refractivity contribution in [2.45, 2.75) is 18.9 Å². The number of benzene rings is 2. The van der Waals surface area contributed by atoms with Crippen LogP contribution in [0.25, 0.3) is 10.8 Å². The maximum Gasteiger partial charge on any atom is 0.320 e. The van der Waals surface area contributed by atoms with Crippen molar-refractivity contribution in [1.82, 2.24) is 0 Å². The number of fused-ring (bicyclic) bond motifs is 1. The Hall–Kier alpha value is -1.92. The van der Waals surface area contributed by atoms with Crippen molar-refractivity contribution in [3.05, 3.63) is 48.0 Å². The molecule has 0 radical (unpaired) electrons. The first kappa shape index (κ1) is 16.5. The highest BCUT2D eigenvalue weighted by molar-refractivity contribution is 7.92. The van der Waals surface area contributed by atoms with Crippen LogP contribution in [0.3, 0.4) is 0 Å². The maximum atomic E-state index is 12.2. The Balaban J connectivity index is 2.03. The van der Waals surface area contributed by atoms with Crippen LogP contribution in [0.4, 0.5) is 0 Å². The van der Waals surface area contributed by atoms with Crippen molar-refractivity contribution in [3.8, 4) is 0 Å². The molecule has 6 heteroatoms. The molecule has 2 atom stereocenters. The molecule has 2 aromatic carbocycles. The SMILES string of the molecule is N=S(=O)(CCc1cccc2ccccc12)CC[C@H](N)C(=O)O. The predicted octanol–water partition coefficient (Wildman–Crippen LogP) is 2.23. The van der Waals surface area contributed by atoms with E-state index in [1.165, 1.54) is 0 Å². The average molecular weight is 320 g/mol. The van der Waals surface area contributed by atoms with Gasteiger partial charge in [0.1, 0.15) is 6.04 Å². The van der Waals surface area contributed by atoms with Gasteiger partial charge in [0.25, 0.3) is 0 Å². The second kappa shape index (κ2) is 6.89. The third kappa shape index (κ3) is 4.29. The number of rotatable bonds is 7. The first-order valence-corrected chi connectivity index (χ1v) is 8.98. The molecule has 0 bridgehead atoms. The van der Waals surface area contributed by atoms with Gasteiger partial charge in [0.05, 0.1) is 0 Å². The Morgan fingerprint density at radius 1 is 1.18 bits per heavy atom. The van der Waals surface area contributed by atoms with Gasteiger partial charge in [0, 0.05) is 21.2 Å². The standard InChI is InChI=1S/C16H20N2O3S/c17-15(16(19)20)9-11-22(18,21)10-8-13-6-3-5-12-4-1-2-7-14(12)13/h1-7,15,18H,8-11,17H2,(H,19,20)/t15-,22?/m0/s1. The summed E-state index contributed by atoms with van der Waals surface area (Å²) in [6.45, 7) is 0. The van der Waals surface area contributed by atoms with Crippen LogP contribution in [0, 0.1) is 4.78 Å². The van der Waals surface area contributed by atoms with E-state index in [2.05, 4.69) is 0 Å². The van der Waals surface area contributed by atoms with Gasteiger partial charge in [-0.05, 0) is 29.2 Å². The van der Waals surface area contributed by atoms with Crippen LogP contribution in [-0.4, -0.2) is 32.8 Å². The minimum absolute atomic E-state index is 0.0191. The smallest absolute Gasteiger partial charge is 0.320 e. The Morgan fingerprint density at radius 3 is 2.59 bits per heavy atom. The summed E-state index contributed by atoms with van der Waals surface area (Å²) in [5.41, 5.74) is 6.45. The van der Waals surface area contributed by atoms with E-state index in [-0.39, 0.29) is 17.9 Å². The highest BCUT2D eigenvalue weighted by Crippen LogP contribution is 2.19. The molecule has 0 amide bonds. The van der Waals surface area contributed by atoms with Crippen LogP contribution < -0.4 is 5.73 Å². The molecule has 0 aromatic heterocycles. The number of carboxylic acids is 1. The Kier molecular flexibility index (Phi) is 5.15. The zero-order valence-corrected chi connectivity index (χ0v) is 13.0. The van der Waals surface area contributed by atoms with Gasteiger partial charge in [0.15, 0.2) is 0 Å². The lowest BCUT2D eigenvalue weighted by Gasteiger charge is -2.11. The number of nitrogens with two attached hydrogens (primary N) is 1. The molecule has 2 aromatic rings. The summed E-state index contributed by atoms with van der Waals surface area (Å²) in [7, 11) is -2.82. The molecule has 0 fully saturated rings. The first-order chi connectivity index (χ1) is 10.4. The average Bonchev–Trinajstić information content (AvgIpc) is 2.50. The molecule has 0 aliphatic rings. The molecule has 4 N–H and O–H groups in total. The van der Waals surface area contributed by atoms with E-state index in [9.17, 15) is 9.00 Å². The van der Waals surface area contributed by atoms with Gasteiger partial charge in [-0.3, -0.25) is 9.57 Å². The molecule has 0 saturated carbocycles. The molecule has 2 rings (SSSR count). The second-order valence-electron chi connectivity index (χ2n) is 5.34. The number of carbonyl (C=O) groups is 1. The minimum Gasteiger partial charge on any atom is -0.480 e. The molecule has 0 heterocycles. The summed E-state index contributed by atoms with van der Waals surface area (Å²) >= 11 is 0. The summed E-state index contributed by atoms with van der Waals surface area (Å²) in [4.78, 5) is 10.7. The van der Waals surface area contributed by atoms with Crippen molar-refractivity contribution < 1.29 is 14.1 Å². The van der Waals surface area contributed by atoms with Crippen LogP contribution in [0.15, 0.2) is 42.5 Å². The zero-order chi connectivity index (χ0) is 16.2. The largest absolute Gasteiger partial charge is 0.480 e. The summed E-state index contributed by atoms with van der Waals surface area (Å²) < 4.78 is 20.1. The van der Waals surface area contributed by atoms with E-state index < -0.39 is 21.7 Å². The van der Waals surface area contributed by atoms with Crippen molar-refractivity contribution >= 4 is 26.5 Å². The lowest BCUT2D eigenvalue weighted by molar-refractivity contribution is -0.138. The lowest BCUT2D eigenvalue weighted by atomic mass is 10.0. The molecule has 5 nitrogen and oxygen atoms in total. The fourth-order valence-corrected chi connectivity index (χ4v) is 3.72. The van der Waals surface area contributed by atoms with E-state index in [4.69, 9.17) is 15.6 Å². The molecule has 0 saturated heterocycles. The Morgan fingerprint density at radius 2 is 1.86 bits per heavy atom. The fourth-order valence-electron chi connectivity index (χ4n) is 2.33. The highest BCUT2D eigenvalue weighted by Gasteiger charge is 2.15. The highest BCUT2D eigenvalue weighted by atomic mass is 32.2. The molecule has 118 valence electrons. The monoisotopic (exact) mass is 320 g/mol. The molecular weight excluding hydrogens is 300 g/mol. The van der Waals surface area contributed by atoms with Gasteiger partial charge in [-0.2, -0.15) is 0 Å². The molecule has 0 aliphatic carbocycles. The summed E-state index contributed by atoms with van der Waals surface area (Å²) in [6.07, 6.45) is 0.596. The number of aliphatic carboxylic acids is 1. The van der Waals surface area contributed by atoms with Gasteiger partial charge in [-0.1, -0.05) is 42.5 Å². The van der Waals surface area contributed by atoms with Crippen molar-refractivity contribution in [2.24, 2.45) is 5.73 Å². The quantitative estimate of drug-likeness (QED) is 0.727. The van der Waals surface area contributed by atoms with Crippen molar-refractivity contribution in [2.75, 3.05) is 11.5 Å². The third-order valence-corrected chi connectivity index (χ3v) is 5.42. The van der Waals surface area contributed by atoms with E-state index in [0.717, 1.165) is 16.3 Å². The van der Waals surface area contributed by atoms with Gasteiger partial charge in [-0.25, -0.2) is 4.21 Å². The normalized spacial score (nSPS) is 15.3. The Labute approximate surface area is 130 Å². The number of hydrogen-bond donors (Lipinski definition) is 3. The predicted molar refractivity (Wildman–Crippen MR) is 88.5 cm³/mol. The second-order valence-corrected chi connectivity index (χ2v) is 7.78. The molecule has 0 aliphatic heterocycles. The van der Waals surface area contributed by atoms with Crippen molar-refractivity contribution in [1.29, 1.82) is 4.78 Å². The summed E-state index contributed by atoms with van der Waals surface area (Å²) in [6, 6.07) is 12.8. The first-order valence-electron chi connectivity index (χ1n) is 7.08. The van der Waals surface area contributed by atoms with Crippen LogP contribution in [0.5, 0.6) is 0 Å². The summed E-state index contributed by atoms with van der Waals surface area (Å²) in [5.74, 6) is -0.886.